The topological polar surface area (TPSA) is 0 Å². The van der Waals surface area contributed by atoms with Crippen LogP contribution in [0, 0.1) is 0 Å². The van der Waals surface area contributed by atoms with Gasteiger partial charge in [-0.05, 0) is 11.6 Å². The summed E-state index contributed by atoms with van der Waals surface area (Å²) < 4.78 is 68.4. The van der Waals surface area contributed by atoms with Crippen molar-refractivity contribution in [3.8, 4) is 0 Å². The second kappa shape index (κ2) is 3.08. The van der Waals surface area contributed by atoms with E-state index in [1.165, 1.54) is 0 Å². The molecule has 0 fully saturated rings. The van der Waals surface area contributed by atoms with Gasteiger partial charge < -0.3 is 0 Å². The largest absolute Gasteiger partial charge is 0.419 e. The number of hydrogen-bond donors (Lipinski definition) is 0. The fraction of sp³-hybridized carbons (Fsp3) is 1.00. The lowest BCUT2D eigenvalue weighted by atomic mass is 10.3. The maximum absolute atomic E-state index is 11.7. The highest BCUT2D eigenvalue weighted by atomic mass is 35.5. The Morgan fingerprint density at radius 3 is 1.55 bits per heavy atom. The minimum absolute atomic E-state index is 2.04. The summed E-state index contributed by atoms with van der Waals surface area (Å²) in [4.78, 5) is 0. The third kappa shape index (κ3) is 5.17. The zero-order chi connectivity index (χ0) is 9.28. The van der Waals surface area contributed by atoms with Crippen molar-refractivity contribution in [1.29, 1.82) is 0 Å². The molecule has 0 saturated heterocycles. The van der Waals surface area contributed by atoms with Crippen molar-refractivity contribution in [2.45, 2.75) is 24.2 Å². The molecule has 0 aromatic heterocycles. The van der Waals surface area contributed by atoms with Crippen LogP contribution in [0.1, 0.15) is 6.42 Å². The first-order chi connectivity index (χ1) is 4.63. The van der Waals surface area contributed by atoms with Gasteiger partial charge in [-0.1, -0.05) is 0 Å². The monoisotopic (exact) mass is 200 g/mol. The molecule has 1 atom stereocenters. The lowest BCUT2D eigenvalue weighted by Crippen LogP contribution is -2.29. The Labute approximate surface area is 63.1 Å². The van der Waals surface area contributed by atoms with Gasteiger partial charge in [-0.15, -0.1) is 0 Å². The summed E-state index contributed by atoms with van der Waals surface area (Å²) in [5.74, 6) is 0. The number of hydrogen-bond acceptors (Lipinski definition) is 0. The fourth-order valence-corrected chi connectivity index (χ4v) is 0.454. The van der Waals surface area contributed by atoms with Crippen molar-refractivity contribution >= 4 is 11.6 Å². The van der Waals surface area contributed by atoms with Gasteiger partial charge >= 0.3 is 11.6 Å². The molecule has 0 aliphatic carbocycles. The van der Waals surface area contributed by atoms with Gasteiger partial charge in [0.05, 0.1) is 6.42 Å². The highest BCUT2D eigenvalue weighted by Gasteiger charge is 2.45. The van der Waals surface area contributed by atoms with Crippen molar-refractivity contribution < 1.29 is 26.3 Å². The molecule has 0 aliphatic rings. The Kier molecular flexibility index (Phi) is 3.05. The van der Waals surface area contributed by atoms with Crippen molar-refractivity contribution in [3.05, 3.63) is 0 Å². The molecule has 0 saturated carbocycles. The zero-order valence-electron chi connectivity index (χ0n) is 4.93. The Morgan fingerprint density at radius 1 is 1.09 bits per heavy atom. The van der Waals surface area contributed by atoms with Crippen LogP contribution < -0.4 is 0 Å². The third-order valence-electron chi connectivity index (χ3n) is 0.766. The van der Waals surface area contributed by atoms with E-state index < -0.39 is 24.2 Å². The van der Waals surface area contributed by atoms with E-state index in [1.807, 2.05) is 0 Å². The minimum Gasteiger partial charge on any atom is -0.237 e. The van der Waals surface area contributed by atoms with Gasteiger partial charge in [-0.2, -0.15) is 22.0 Å². The highest BCUT2D eigenvalue weighted by Crippen LogP contribution is 2.33. The van der Waals surface area contributed by atoms with Gasteiger partial charge in [0.25, 0.3) is 0 Å². The average Bonchev–Trinajstić information content (AvgIpc) is 1.56. The van der Waals surface area contributed by atoms with Crippen LogP contribution in [-0.4, -0.2) is 17.7 Å². The Morgan fingerprint density at radius 2 is 1.45 bits per heavy atom. The molecule has 0 aromatic carbocycles. The summed E-state index contributed by atoms with van der Waals surface area (Å²) in [5, 5.41) is -4.14. The van der Waals surface area contributed by atoms with E-state index in [2.05, 4.69) is 11.6 Å². The summed E-state index contributed by atoms with van der Waals surface area (Å²) in [6, 6.07) is 0. The van der Waals surface area contributed by atoms with Crippen molar-refractivity contribution in [2.24, 2.45) is 0 Å². The van der Waals surface area contributed by atoms with Crippen LogP contribution in [-0.2, 0) is 0 Å². The van der Waals surface area contributed by atoms with Crippen molar-refractivity contribution in [1.82, 2.24) is 0 Å². The molecule has 0 rings (SSSR count). The van der Waals surface area contributed by atoms with Crippen LogP contribution in [0.25, 0.3) is 0 Å². The average molecular weight is 201 g/mol. The van der Waals surface area contributed by atoms with Crippen LogP contribution in [0.2, 0.25) is 0 Å². The predicted octanol–water partition coefficient (Wildman–Crippen LogP) is 3.11. The molecular formula is C4H3ClF6. The molecule has 11 heavy (non-hydrogen) atoms. The van der Waals surface area contributed by atoms with Crippen LogP contribution in [0.5, 0.6) is 0 Å². The number of alkyl halides is 7. The first kappa shape index (κ1) is 10.9. The summed E-state index contributed by atoms with van der Waals surface area (Å²) in [7, 11) is 0. The quantitative estimate of drug-likeness (QED) is 0.475. The smallest absolute Gasteiger partial charge is 0.237 e. The summed E-state index contributed by atoms with van der Waals surface area (Å²) in [6.45, 7) is 0. The lowest BCUT2D eigenvalue weighted by Gasteiger charge is -2.14. The standard InChI is InChI=1S/C4H3ClF6/c5-3(7,8)1-2(6)4(9,10)11/h2H,1H2. The third-order valence-corrected chi connectivity index (χ3v) is 0.920. The predicted molar refractivity (Wildman–Crippen MR) is 26.4 cm³/mol. The first-order valence-electron chi connectivity index (χ1n) is 2.40. The molecule has 0 radical (unpaired) electrons. The molecule has 0 spiro atoms. The molecule has 0 nitrogen and oxygen atoms in total. The molecule has 0 amide bonds. The van der Waals surface area contributed by atoms with Crippen LogP contribution in [0.15, 0.2) is 0 Å². The van der Waals surface area contributed by atoms with Gasteiger partial charge in [0.2, 0.25) is 6.17 Å². The number of rotatable bonds is 2. The fourth-order valence-electron chi connectivity index (χ4n) is 0.319. The summed E-state index contributed by atoms with van der Waals surface area (Å²) >= 11 is 4.06. The minimum atomic E-state index is -5.27. The maximum atomic E-state index is 11.7. The van der Waals surface area contributed by atoms with Crippen molar-refractivity contribution in [2.75, 3.05) is 0 Å². The van der Waals surface area contributed by atoms with Crippen LogP contribution in [0.3, 0.4) is 0 Å². The molecule has 7 heteroatoms. The normalized spacial score (nSPS) is 16.6. The van der Waals surface area contributed by atoms with E-state index in [-0.39, 0.29) is 0 Å². The van der Waals surface area contributed by atoms with Gasteiger partial charge in [0, 0.05) is 0 Å². The molecule has 0 N–H and O–H groups in total. The van der Waals surface area contributed by atoms with Gasteiger partial charge in [-0.3, -0.25) is 0 Å². The number of halogens is 7. The highest BCUT2D eigenvalue weighted by molar-refractivity contribution is 6.21. The molecule has 1 unspecified atom stereocenters. The Bertz CT molecular complexity index is 124. The molecule has 0 heterocycles. The summed E-state index contributed by atoms with van der Waals surface area (Å²) in [6.07, 6.45) is -10.9. The van der Waals surface area contributed by atoms with Gasteiger partial charge in [0.15, 0.2) is 0 Å². The SMILES string of the molecule is FC(CC(F)(F)Cl)C(F)(F)F. The maximum Gasteiger partial charge on any atom is 0.419 e. The van der Waals surface area contributed by atoms with Gasteiger partial charge in [-0.25, -0.2) is 4.39 Å². The van der Waals surface area contributed by atoms with E-state index >= 15 is 0 Å². The Hall–Kier alpha value is -0.130. The second-order valence-corrected chi connectivity index (χ2v) is 2.38. The van der Waals surface area contributed by atoms with E-state index in [0.717, 1.165) is 0 Å². The molecule has 0 aliphatic heterocycles. The van der Waals surface area contributed by atoms with Crippen molar-refractivity contribution in [3.63, 3.8) is 0 Å². The zero-order valence-corrected chi connectivity index (χ0v) is 5.69. The molecule has 68 valence electrons. The molecular weight excluding hydrogens is 197 g/mol. The lowest BCUT2D eigenvalue weighted by molar-refractivity contribution is -0.191. The summed E-state index contributed by atoms with van der Waals surface area (Å²) in [5.41, 5.74) is 0. The first-order valence-corrected chi connectivity index (χ1v) is 2.78. The van der Waals surface area contributed by atoms with Gasteiger partial charge in [0.1, 0.15) is 0 Å². The molecule has 0 aromatic rings. The Balaban J connectivity index is 3.99. The second-order valence-electron chi connectivity index (χ2n) is 1.83. The van der Waals surface area contributed by atoms with Crippen LogP contribution in [0.4, 0.5) is 26.3 Å². The van der Waals surface area contributed by atoms with E-state index in [4.69, 9.17) is 0 Å². The molecule has 0 bridgehead atoms. The van der Waals surface area contributed by atoms with E-state index in [1.54, 1.807) is 0 Å². The van der Waals surface area contributed by atoms with E-state index in [9.17, 15) is 26.3 Å². The van der Waals surface area contributed by atoms with E-state index in [0.29, 0.717) is 0 Å². The van der Waals surface area contributed by atoms with Crippen LogP contribution >= 0.6 is 11.6 Å².